The van der Waals surface area contributed by atoms with Crippen molar-refractivity contribution in [1.82, 2.24) is 14.5 Å². The van der Waals surface area contributed by atoms with Crippen LogP contribution in [-0.2, 0) is 16.6 Å². The molecule has 104 valence electrons. The van der Waals surface area contributed by atoms with Gasteiger partial charge in [0.15, 0.2) is 0 Å². The number of aryl methyl sites for hydroxylation is 1. The minimum Gasteiger partial charge on any atom is -0.383 e. The molecule has 2 amide bonds. The molecular formula is C12H18N4O3. The summed E-state index contributed by atoms with van der Waals surface area (Å²) in [5.41, 5.74) is 0. The quantitative estimate of drug-likeness (QED) is 0.788. The standard InChI is InChI=1S/C12H18N4O3/c1-15-7-5-13-12(15)14-10(18)8-16-6-3-2-4-9(17)11(16)19/h5,7,9,17H,2-4,6,8H2,1H3,(H,13,14,18). The van der Waals surface area contributed by atoms with E-state index in [2.05, 4.69) is 10.3 Å². The lowest BCUT2D eigenvalue weighted by molar-refractivity contribution is -0.141. The molecular weight excluding hydrogens is 248 g/mol. The summed E-state index contributed by atoms with van der Waals surface area (Å²) in [5.74, 6) is -0.239. The predicted molar refractivity (Wildman–Crippen MR) is 68.3 cm³/mol. The zero-order valence-electron chi connectivity index (χ0n) is 10.9. The van der Waals surface area contributed by atoms with Crippen molar-refractivity contribution in [2.75, 3.05) is 18.4 Å². The van der Waals surface area contributed by atoms with Gasteiger partial charge in [-0.15, -0.1) is 0 Å². The van der Waals surface area contributed by atoms with E-state index in [-0.39, 0.29) is 18.4 Å². The van der Waals surface area contributed by atoms with E-state index >= 15 is 0 Å². The van der Waals surface area contributed by atoms with Crippen LogP contribution in [0.3, 0.4) is 0 Å². The molecule has 1 fully saturated rings. The van der Waals surface area contributed by atoms with Gasteiger partial charge in [-0.2, -0.15) is 0 Å². The lowest BCUT2D eigenvalue weighted by Crippen LogP contribution is -2.42. The summed E-state index contributed by atoms with van der Waals surface area (Å²) in [4.78, 5) is 29.1. The molecule has 1 aromatic heterocycles. The molecule has 1 aliphatic rings. The van der Waals surface area contributed by atoms with E-state index in [0.717, 1.165) is 12.8 Å². The number of amides is 2. The van der Waals surface area contributed by atoms with Crippen molar-refractivity contribution in [3.05, 3.63) is 12.4 Å². The maximum atomic E-state index is 11.9. The van der Waals surface area contributed by atoms with Crippen molar-refractivity contribution in [2.24, 2.45) is 7.05 Å². The molecule has 1 aliphatic heterocycles. The number of aromatic nitrogens is 2. The molecule has 0 saturated carbocycles. The fraction of sp³-hybridized carbons (Fsp3) is 0.583. The number of imidazole rings is 1. The van der Waals surface area contributed by atoms with Crippen LogP contribution in [0.5, 0.6) is 0 Å². The Bertz CT molecular complexity index is 471. The lowest BCUT2D eigenvalue weighted by atomic mass is 10.2. The topological polar surface area (TPSA) is 87.5 Å². The smallest absolute Gasteiger partial charge is 0.251 e. The summed E-state index contributed by atoms with van der Waals surface area (Å²) >= 11 is 0. The number of aliphatic hydroxyl groups is 1. The van der Waals surface area contributed by atoms with Crippen LogP contribution in [0.2, 0.25) is 0 Å². The highest BCUT2D eigenvalue weighted by atomic mass is 16.3. The second-order valence-electron chi connectivity index (χ2n) is 4.68. The molecule has 7 nitrogen and oxygen atoms in total. The van der Waals surface area contributed by atoms with E-state index < -0.39 is 6.10 Å². The van der Waals surface area contributed by atoms with Gasteiger partial charge in [0.2, 0.25) is 11.9 Å². The minimum atomic E-state index is -0.983. The number of nitrogens with zero attached hydrogens (tertiary/aromatic N) is 3. The molecule has 0 aromatic carbocycles. The Morgan fingerprint density at radius 1 is 1.58 bits per heavy atom. The molecule has 19 heavy (non-hydrogen) atoms. The first-order valence-corrected chi connectivity index (χ1v) is 6.32. The molecule has 1 aromatic rings. The number of hydrogen-bond acceptors (Lipinski definition) is 4. The van der Waals surface area contributed by atoms with E-state index in [4.69, 9.17) is 0 Å². The van der Waals surface area contributed by atoms with E-state index in [1.165, 1.54) is 4.90 Å². The predicted octanol–water partition coefficient (Wildman–Crippen LogP) is -0.268. The van der Waals surface area contributed by atoms with Crippen molar-refractivity contribution in [3.8, 4) is 0 Å². The Morgan fingerprint density at radius 3 is 3.05 bits per heavy atom. The van der Waals surface area contributed by atoms with E-state index in [1.807, 2.05) is 0 Å². The molecule has 1 unspecified atom stereocenters. The number of aliphatic hydroxyl groups excluding tert-OH is 1. The number of anilines is 1. The maximum Gasteiger partial charge on any atom is 0.251 e. The van der Waals surface area contributed by atoms with E-state index in [9.17, 15) is 14.7 Å². The Hall–Kier alpha value is -1.89. The highest BCUT2D eigenvalue weighted by molar-refractivity contribution is 5.94. The molecule has 1 atom stereocenters. The van der Waals surface area contributed by atoms with Gasteiger partial charge in [-0.3, -0.25) is 14.9 Å². The van der Waals surface area contributed by atoms with E-state index in [1.54, 1.807) is 24.0 Å². The van der Waals surface area contributed by atoms with Gasteiger partial charge in [0.25, 0.3) is 5.91 Å². The third-order valence-corrected chi connectivity index (χ3v) is 3.16. The molecule has 0 spiro atoms. The van der Waals surface area contributed by atoms with Gasteiger partial charge in [-0.05, 0) is 19.3 Å². The number of carbonyl (C=O) groups is 2. The van der Waals surface area contributed by atoms with Crippen LogP contribution in [-0.4, -0.2) is 50.6 Å². The number of hydrogen-bond donors (Lipinski definition) is 2. The number of likely N-dealkylation sites (tertiary alicyclic amines) is 1. The molecule has 0 bridgehead atoms. The molecule has 7 heteroatoms. The van der Waals surface area contributed by atoms with E-state index in [0.29, 0.717) is 18.9 Å². The number of rotatable bonds is 3. The van der Waals surface area contributed by atoms with Crippen LogP contribution < -0.4 is 5.32 Å². The molecule has 2 rings (SSSR count). The first kappa shape index (κ1) is 13.5. The molecule has 0 radical (unpaired) electrons. The second-order valence-corrected chi connectivity index (χ2v) is 4.68. The SMILES string of the molecule is Cn1ccnc1NC(=O)CN1CCCCC(O)C1=O. The summed E-state index contributed by atoms with van der Waals surface area (Å²) in [6.45, 7) is 0.451. The van der Waals surface area contributed by atoms with Crippen molar-refractivity contribution in [1.29, 1.82) is 0 Å². The monoisotopic (exact) mass is 266 g/mol. The number of carbonyl (C=O) groups excluding carboxylic acids is 2. The van der Waals surface area contributed by atoms with Crippen molar-refractivity contribution < 1.29 is 14.7 Å². The fourth-order valence-electron chi connectivity index (χ4n) is 2.07. The highest BCUT2D eigenvalue weighted by Gasteiger charge is 2.26. The Labute approximate surface area is 111 Å². The molecule has 2 N–H and O–H groups in total. The first-order chi connectivity index (χ1) is 9.08. The largest absolute Gasteiger partial charge is 0.383 e. The van der Waals surface area contributed by atoms with Gasteiger partial charge in [0, 0.05) is 26.0 Å². The molecule has 0 aliphatic carbocycles. The normalized spacial score (nSPS) is 20.2. The summed E-state index contributed by atoms with van der Waals surface area (Å²) in [5, 5.41) is 12.2. The summed E-state index contributed by atoms with van der Waals surface area (Å²) in [6, 6.07) is 0. The fourth-order valence-corrected chi connectivity index (χ4v) is 2.07. The van der Waals surface area contributed by atoms with Gasteiger partial charge in [-0.25, -0.2) is 4.98 Å². The van der Waals surface area contributed by atoms with Crippen LogP contribution in [0.15, 0.2) is 12.4 Å². The Kier molecular flexibility index (Phi) is 4.16. The Morgan fingerprint density at radius 2 is 2.37 bits per heavy atom. The average molecular weight is 266 g/mol. The average Bonchev–Trinajstić information content (AvgIpc) is 2.70. The third-order valence-electron chi connectivity index (χ3n) is 3.16. The summed E-state index contributed by atoms with van der Waals surface area (Å²) < 4.78 is 1.68. The second kappa shape index (κ2) is 5.83. The van der Waals surface area contributed by atoms with Crippen molar-refractivity contribution in [3.63, 3.8) is 0 Å². The van der Waals surface area contributed by atoms with Gasteiger partial charge < -0.3 is 14.6 Å². The highest BCUT2D eigenvalue weighted by Crippen LogP contribution is 2.12. The van der Waals surface area contributed by atoms with Crippen LogP contribution in [0.25, 0.3) is 0 Å². The summed E-state index contributed by atoms with van der Waals surface area (Å²) in [7, 11) is 1.77. The maximum absolute atomic E-state index is 11.9. The Balaban J connectivity index is 1.94. The summed E-state index contributed by atoms with van der Waals surface area (Å²) in [6.07, 6.45) is 4.38. The third kappa shape index (κ3) is 3.31. The lowest BCUT2D eigenvalue weighted by Gasteiger charge is -2.21. The molecule has 1 saturated heterocycles. The molecule has 2 heterocycles. The van der Waals surface area contributed by atoms with Crippen molar-refractivity contribution in [2.45, 2.75) is 25.4 Å². The van der Waals surface area contributed by atoms with Gasteiger partial charge in [0.1, 0.15) is 12.6 Å². The van der Waals surface area contributed by atoms with Crippen LogP contribution in [0.1, 0.15) is 19.3 Å². The van der Waals surface area contributed by atoms with Crippen LogP contribution in [0, 0.1) is 0 Å². The first-order valence-electron chi connectivity index (χ1n) is 6.32. The van der Waals surface area contributed by atoms with Crippen LogP contribution in [0.4, 0.5) is 5.95 Å². The van der Waals surface area contributed by atoms with Gasteiger partial charge in [-0.1, -0.05) is 0 Å². The number of nitrogens with one attached hydrogen (secondary N) is 1. The van der Waals surface area contributed by atoms with Crippen molar-refractivity contribution >= 4 is 17.8 Å². The van der Waals surface area contributed by atoms with Gasteiger partial charge >= 0.3 is 0 Å². The van der Waals surface area contributed by atoms with Crippen LogP contribution >= 0.6 is 0 Å². The minimum absolute atomic E-state index is 0.0528. The van der Waals surface area contributed by atoms with Gasteiger partial charge in [0.05, 0.1) is 0 Å². The zero-order valence-corrected chi connectivity index (χ0v) is 10.9. The zero-order chi connectivity index (χ0) is 13.8.